The first kappa shape index (κ1) is 15.0. The average Bonchev–Trinajstić information content (AvgIpc) is 3.11. The van der Waals surface area contributed by atoms with Gasteiger partial charge in [0, 0.05) is 6.04 Å². The lowest BCUT2D eigenvalue weighted by atomic mass is 9.94. The second kappa shape index (κ2) is 5.71. The van der Waals surface area contributed by atoms with Gasteiger partial charge in [0.1, 0.15) is 5.82 Å². The molecule has 2 aliphatic carbocycles. The molecule has 2 N–H and O–H groups in total. The fourth-order valence-corrected chi connectivity index (χ4v) is 3.32. The van der Waals surface area contributed by atoms with E-state index in [0.717, 1.165) is 12.8 Å². The Morgan fingerprint density at radius 2 is 2.00 bits per heavy atom. The molecule has 0 radical (unpaired) electrons. The van der Waals surface area contributed by atoms with E-state index in [1.807, 2.05) is 0 Å². The molecule has 4 nitrogen and oxygen atoms in total. The maximum Gasteiger partial charge on any atom is 0.306 e. The summed E-state index contributed by atoms with van der Waals surface area (Å²) in [5.41, 5.74) is 0.0775. The number of amides is 1. The lowest BCUT2D eigenvalue weighted by Crippen LogP contribution is -2.39. The molecule has 5 heteroatoms. The van der Waals surface area contributed by atoms with E-state index >= 15 is 0 Å². The molecule has 3 rings (SSSR count). The lowest BCUT2D eigenvalue weighted by Gasteiger charge is -2.19. The summed E-state index contributed by atoms with van der Waals surface area (Å²) in [7, 11) is 0. The molecule has 0 bridgehead atoms. The summed E-state index contributed by atoms with van der Waals surface area (Å²) < 4.78 is 13.8. The van der Waals surface area contributed by atoms with Crippen LogP contribution in [0.4, 0.5) is 4.39 Å². The molecule has 0 aliphatic heterocycles. The first-order chi connectivity index (χ1) is 10.5. The van der Waals surface area contributed by atoms with Crippen molar-refractivity contribution in [3.05, 3.63) is 35.6 Å². The van der Waals surface area contributed by atoms with Crippen molar-refractivity contribution < 1.29 is 19.1 Å². The van der Waals surface area contributed by atoms with Gasteiger partial charge in [-0.3, -0.25) is 9.59 Å². The number of rotatable bonds is 5. The zero-order chi connectivity index (χ0) is 15.7. The highest BCUT2D eigenvalue weighted by Crippen LogP contribution is 2.49. The Kier molecular flexibility index (Phi) is 3.89. The van der Waals surface area contributed by atoms with E-state index in [1.54, 1.807) is 18.2 Å². The Morgan fingerprint density at radius 1 is 1.27 bits per heavy atom. The summed E-state index contributed by atoms with van der Waals surface area (Å²) in [6.07, 6.45) is 3.76. The van der Waals surface area contributed by atoms with Crippen LogP contribution in [0.2, 0.25) is 0 Å². The zero-order valence-corrected chi connectivity index (χ0v) is 12.3. The number of carboxylic acids is 1. The van der Waals surface area contributed by atoms with Gasteiger partial charge in [0.05, 0.1) is 11.3 Å². The third-order valence-corrected chi connectivity index (χ3v) is 4.94. The second-order valence-corrected chi connectivity index (χ2v) is 6.57. The predicted molar refractivity (Wildman–Crippen MR) is 78.7 cm³/mol. The van der Waals surface area contributed by atoms with Crippen molar-refractivity contribution >= 4 is 11.9 Å². The summed E-state index contributed by atoms with van der Waals surface area (Å²) in [6, 6.07) is 6.49. The Morgan fingerprint density at radius 3 is 2.59 bits per heavy atom. The van der Waals surface area contributed by atoms with Gasteiger partial charge in [0.2, 0.25) is 5.91 Å². The number of carbonyl (C=O) groups excluding carboxylic acids is 1. The summed E-state index contributed by atoms with van der Waals surface area (Å²) in [4.78, 5) is 23.5. The minimum Gasteiger partial charge on any atom is -0.481 e. The molecule has 2 saturated carbocycles. The maximum atomic E-state index is 13.8. The number of nitrogens with one attached hydrogen (secondary N) is 1. The van der Waals surface area contributed by atoms with Crippen LogP contribution in [0, 0.1) is 17.2 Å². The summed E-state index contributed by atoms with van der Waals surface area (Å²) in [5.74, 6) is -1.46. The first-order valence-electron chi connectivity index (χ1n) is 7.77. The van der Waals surface area contributed by atoms with E-state index in [2.05, 4.69) is 5.32 Å². The molecule has 0 saturated heterocycles. The van der Waals surface area contributed by atoms with E-state index in [-0.39, 0.29) is 23.7 Å². The minimum atomic E-state index is -0.788. The second-order valence-electron chi connectivity index (χ2n) is 6.57. The highest BCUT2D eigenvalue weighted by atomic mass is 19.1. The van der Waals surface area contributed by atoms with Crippen LogP contribution >= 0.6 is 0 Å². The van der Waals surface area contributed by atoms with E-state index in [0.29, 0.717) is 31.2 Å². The van der Waals surface area contributed by atoms with Gasteiger partial charge in [0.25, 0.3) is 0 Å². The molecule has 1 aromatic rings. The van der Waals surface area contributed by atoms with Crippen molar-refractivity contribution in [3.8, 4) is 0 Å². The molecule has 0 heterocycles. The van der Waals surface area contributed by atoms with E-state index < -0.39 is 11.4 Å². The smallest absolute Gasteiger partial charge is 0.306 e. The van der Waals surface area contributed by atoms with E-state index in [4.69, 9.17) is 5.11 Å². The molecule has 0 spiro atoms. The Balaban J connectivity index is 1.60. The fraction of sp³-hybridized carbons (Fsp3) is 0.529. The van der Waals surface area contributed by atoms with Gasteiger partial charge >= 0.3 is 5.97 Å². The summed E-state index contributed by atoms with van der Waals surface area (Å²) in [5, 5.41) is 12.0. The average molecular weight is 305 g/mol. The van der Waals surface area contributed by atoms with Crippen molar-refractivity contribution in [3.63, 3.8) is 0 Å². The van der Waals surface area contributed by atoms with Crippen LogP contribution < -0.4 is 5.32 Å². The molecular formula is C17H20FNO3. The van der Waals surface area contributed by atoms with Gasteiger partial charge in [-0.05, 0) is 50.2 Å². The standard InChI is InChI=1S/C17H20FNO3/c18-14-4-2-1-3-12(14)10-17(7-8-17)16(22)19-13-6-5-11(9-13)15(20)21/h1-4,11,13H,5-10H2,(H,19,22)(H,20,21)/t11-,13+/m1/s1. The van der Waals surface area contributed by atoms with Crippen LogP contribution in [-0.2, 0) is 16.0 Å². The normalized spacial score (nSPS) is 25.7. The van der Waals surface area contributed by atoms with Gasteiger partial charge in [-0.2, -0.15) is 0 Å². The number of hydrogen-bond donors (Lipinski definition) is 2. The molecule has 118 valence electrons. The van der Waals surface area contributed by atoms with Crippen LogP contribution in [0.1, 0.15) is 37.7 Å². The minimum absolute atomic E-state index is 0.0493. The van der Waals surface area contributed by atoms with Crippen molar-refractivity contribution in [2.75, 3.05) is 0 Å². The highest BCUT2D eigenvalue weighted by Gasteiger charge is 2.50. The fourth-order valence-electron chi connectivity index (χ4n) is 3.32. The molecule has 0 aromatic heterocycles. The quantitative estimate of drug-likeness (QED) is 0.878. The van der Waals surface area contributed by atoms with Crippen LogP contribution in [0.3, 0.4) is 0 Å². The molecule has 0 unspecified atom stereocenters. The molecular weight excluding hydrogens is 285 g/mol. The van der Waals surface area contributed by atoms with Gasteiger partial charge in [0.15, 0.2) is 0 Å². The Labute approximate surface area is 128 Å². The summed E-state index contributed by atoms with van der Waals surface area (Å²) >= 11 is 0. The molecule has 1 amide bonds. The number of halogens is 1. The molecule has 2 fully saturated rings. The van der Waals surface area contributed by atoms with Crippen LogP contribution in [-0.4, -0.2) is 23.0 Å². The number of aliphatic carboxylic acids is 1. The van der Waals surface area contributed by atoms with Crippen molar-refractivity contribution in [2.45, 2.75) is 44.6 Å². The Hall–Kier alpha value is -1.91. The number of carbonyl (C=O) groups is 2. The van der Waals surface area contributed by atoms with E-state index in [9.17, 15) is 14.0 Å². The van der Waals surface area contributed by atoms with Crippen molar-refractivity contribution in [2.24, 2.45) is 11.3 Å². The first-order valence-corrected chi connectivity index (χ1v) is 7.77. The largest absolute Gasteiger partial charge is 0.481 e. The number of carboxylic acid groups (broad SMARTS) is 1. The number of benzene rings is 1. The van der Waals surface area contributed by atoms with Gasteiger partial charge in [-0.25, -0.2) is 4.39 Å². The van der Waals surface area contributed by atoms with Gasteiger partial charge < -0.3 is 10.4 Å². The number of hydrogen-bond acceptors (Lipinski definition) is 2. The lowest BCUT2D eigenvalue weighted by molar-refractivity contribution is -0.141. The zero-order valence-electron chi connectivity index (χ0n) is 12.3. The van der Waals surface area contributed by atoms with Gasteiger partial charge in [-0.1, -0.05) is 18.2 Å². The van der Waals surface area contributed by atoms with Crippen molar-refractivity contribution in [1.82, 2.24) is 5.32 Å². The Bertz CT molecular complexity index is 597. The SMILES string of the molecule is O=C(O)[C@@H]1CC[C@H](NC(=O)C2(Cc3ccccc3F)CC2)C1. The van der Waals surface area contributed by atoms with Gasteiger partial charge in [-0.15, -0.1) is 0 Å². The monoisotopic (exact) mass is 305 g/mol. The maximum absolute atomic E-state index is 13.8. The molecule has 1 aromatic carbocycles. The van der Waals surface area contributed by atoms with E-state index in [1.165, 1.54) is 6.07 Å². The molecule has 2 aliphatic rings. The van der Waals surface area contributed by atoms with Crippen molar-refractivity contribution in [1.29, 1.82) is 0 Å². The predicted octanol–water partition coefficient (Wildman–Crippen LogP) is 2.52. The third kappa shape index (κ3) is 2.98. The summed E-state index contributed by atoms with van der Waals surface area (Å²) in [6.45, 7) is 0. The van der Waals surface area contributed by atoms with Crippen LogP contribution in [0.5, 0.6) is 0 Å². The van der Waals surface area contributed by atoms with Crippen LogP contribution in [0.15, 0.2) is 24.3 Å². The third-order valence-electron chi connectivity index (χ3n) is 4.94. The van der Waals surface area contributed by atoms with Crippen LogP contribution in [0.25, 0.3) is 0 Å². The molecule has 22 heavy (non-hydrogen) atoms. The highest BCUT2D eigenvalue weighted by molar-refractivity contribution is 5.86. The topological polar surface area (TPSA) is 66.4 Å². The molecule has 2 atom stereocenters.